The fraction of sp³-hybridized carbons (Fsp3) is 0.900. The van der Waals surface area contributed by atoms with Crippen molar-refractivity contribution in [1.29, 1.82) is 0 Å². The zero-order valence-corrected chi connectivity index (χ0v) is 38.6. The molecule has 6 nitrogen and oxygen atoms in total. The Morgan fingerprint density at radius 3 is 1.20 bits per heavy atom. The van der Waals surface area contributed by atoms with Crippen LogP contribution in [-0.4, -0.2) is 68.7 Å². The molecule has 0 aliphatic carbocycles. The summed E-state index contributed by atoms with van der Waals surface area (Å²) in [7, 11) is 0. The minimum Gasteiger partial charge on any atom is -0.441 e. The topological polar surface area (TPSA) is 60.0 Å². The molecular weight excluding hydrogens is 693 g/mol. The molecule has 0 radical (unpaired) electrons. The third-order valence-corrected chi connectivity index (χ3v) is 11.4. The predicted molar refractivity (Wildman–Crippen MR) is 245 cm³/mol. The van der Waals surface area contributed by atoms with E-state index in [-0.39, 0.29) is 6.09 Å². The van der Waals surface area contributed by atoms with Gasteiger partial charge in [-0.25, -0.2) is 4.79 Å². The molecule has 1 N–H and O–H groups in total. The molecule has 0 aromatic carbocycles. The van der Waals surface area contributed by atoms with Crippen LogP contribution in [0, 0.1) is 0 Å². The van der Waals surface area contributed by atoms with E-state index in [1.807, 2.05) is 0 Å². The molecule has 56 heavy (non-hydrogen) atoms. The molecule has 0 fully saturated rings. The van der Waals surface area contributed by atoms with E-state index in [2.05, 4.69) is 76.1 Å². The lowest BCUT2D eigenvalue weighted by Crippen LogP contribution is -2.45. The van der Waals surface area contributed by atoms with Gasteiger partial charge in [0.1, 0.15) is 0 Å². The van der Waals surface area contributed by atoms with Crippen molar-refractivity contribution >= 4 is 6.09 Å². The first-order chi connectivity index (χ1) is 27.5. The van der Waals surface area contributed by atoms with Crippen LogP contribution in [0.5, 0.6) is 0 Å². The van der Waals surface area contributed by atoms with Gasteiger partial charge in [0.25, 0.3) is 0 Å². The van der Waals surface area contributed by atoms with Crippen LogP contribution in [0.2, 0.25) is 0 Å². The molecule has 0 aliphatic rings. The fourth-order valence-electron chi connectivity index (χ4n) is 7.27. The van der Waals surface area contributed by atoms with Gasteiger partial charge in [-0.05, 0) is 90.9 Å². The molecule has 0 spiro atoms. The average Bonchev–Trinajstić information content (AvgIpc) is 3.20. The first-order valence-electron chi connectivity index (χ1n) is 24.7. The van der Waals surface area contributed by atoms with E-state index in [4.69, 9.17) is 14.2 Å². The zero-order chi connectivity index (χ0) is 41.0. The van der Waals surface area contributed by atoms with Crippen LogP contribution in [0.25, 0.3) is 0 Å². The first-order valence-corrected chi connectivity index (χ1v) is 24.7. The summed E-state index contributed by atoms with van der Waals surface area (Å²) in [5, 5.41) is 3.00. The lowest BCUT2D eigenvalue weighted by atomic mass is 10.1. The maximum atomic E-state index is 12.8. The van der Waals surface area contributed by atoms with Crippen LogP contribution in [0.3, 0.4) is 0 Å². The zero-order valence-electron chi connectivity index (χ0n) is 38.6. The standard InChI is InChI=1S/C50H98N2O4/c1-7-11-13-15-17-19-21-23-25-27-29-31-33-35-37-39-43-54-45-49(56-50(53)51-41-42-52(47(5)9-3)48(6)10-4)46-55-44-40-38-36-34-32-30-28-26-24-22-20-18-16-14-12-8-2/h23-26,47-49H,7-22,27-46H2,1-6H3,(H,51,53)/b25-23-,26-24-. The van der Waals surface area contributed by atoms with Crippen molar-refractivity contribution in [3.8, 4) is 0 Å². The molecule has 0 aromatic rings. The molecule has 0 aliphatic heterocycles. The van der Waals surface area contributed by atoms with Gasteiger partial charge in [-0.2, -0.15) is 0 Å². The quantitative estimate of drug-likeness (QED) is 0.0492. The van der Waals surface area contributed by atoms with Crippen LogP contribution in [0.1, 0.15) is 234 Å². The molecule has 0 saturated carbocycles. The van der Waals surface area contributed by atoms with Crippen molar-refractivity contribution < 1.29 is 19.0 Å². The number of carbonyl (C=O) groups excluding carboxylic acids is 1. The Balaban J connectivity index is 4.27. The van der Waals surface area contributed by atoms with E-state index >= 15 is 0 Å². The van der Waals surface area contributed by atoms with Crippen molar-refractivity contribution in [1.82, 2.24) is 10.2 Å². The maximum absolute atomic E-state index is 12.8. The Morgan fingerprint density at radius 2 is 0.839 bits per heavy atom. The van der Waals surface area contributed by atoms with Gasteiger partial charge in [0.05, 0.1) is 13.2 Å². The SMILES string of the molecule is CCCCCCCC/C=C\CCCCCCCCOCC(COCCCCCCCC/C=C\CCCCCCCC)OC(=O)NCCN(C(C)CC)C(C)CC. The molecule has 6 heteroatoms. The number of amides is 1. The Kier molecular flexibility index (Phi) is 43.6. The monoisotopic (exact) mass is 791 g/mol. The molecule has 1 amide bonds. The van der Waals surface area contributed by atoms with Crippen molar-refractivity contribution in [2.24, 2.45) is 0 Å². The Morgan fingerprint density at radius 1 is 0.500 bits per heavy atom. The minimum absolute atomic E-state index is 0.370. The van der Waals surface area contributed by atoms with E-state index in [1.165, 1.54) is 167 Å². The molecule has 2 atom stereocenters. The summed E-state index contributed by atoms with van der Waals surface area (Å²) in [6.07, 6.45) is 47.4. The summed E-state index contributed by atoms with van der Waals surface area (Å²) in [6.45, 7) is 17.1. The van der Waals surface area contributed by atoms with Crippen molar-refractivity contribution in [3.05, 3.63) is 24.3 Å². The van der Waals surface area contributed by atoms with E-state index in [1.54, 1.807) is 0 Å². The van der Waals surface area contributed by atoms with Gasteiger partial charge in [-0.1, -0.05) is 168 Å². The van der Waals surface area contributed by atoms with Crippen LogP contribution < -0.4 is 5.32 Å². The van der Waals surface area contributed by atoms with Gasteiger partial charge in [0, 0.05) is 38.4 Å². The fourth-order valence-corrected chi connectivity index (χ4v) is 7.27. The number of hydrogen-bond donors (Lipinski definition) is 1. The molecule has 0 heterocycles. The number of rotatable bonds is 44. The Bertz CT molecular complexity index is 793. The molecule has 0 saturated heterocycles. The second kappa shape index (κ2) is 44.7. The third-order valence-electron chi connectivity index (χ3n) is 11.4. The molecular formula is C50H98N2O4. The Labute approximate surface area is 350 Å². The number of hydrogen-bond acceptors (Lipinski definition) is 5. The van der Waals surface area contributed by atoms with Crippen LogP contribution in [0.4, 0.5) is 4.79 Å². The second-order valence-corrected chi connectivity index (χ2v) is 16.7. The Hall–Kier alpha value is -1.37. The number of unbranched alkanes of at least 4 members (excludes halogenated alkanes) is 24. The highest BCUT2D eigenvalue weighted by Gasteiger charge is 2.19. The molecule has 332 valence electrons. The van der Waals surface area contributed by atoms with Crippen molar-refractivity contribution in [2.45, 2.75) is 252 Å². The van der Waals surface area contributed by atoms with Gasteiger partial charge >= 0.3 is 6.09 Å². The number of ether oxygens (including phenoxy) is 3. The van der Waals surface area contributed by atoms with Crippen LogP contribution >= 0.6 is 0 Å². The molecule has 0 rings (SSSR count). The maximum Gasteiger partial charge on any atom is 0.407 e. The number of alkyl carbamates (subject to hydrolysis) is 1. The highest BCUT2D eigenvalue weighted by molar-refractivity contribution is 5.67. The summed E-state index contributed by atoms with van der Waals surface area (Å²) >= 11 is 0. The number of nitrogens with zero attached hydrogens (tertiary/aromatic N) is 1. The number of carbonyl (C=O) groups is 1. The summed E-state index contributed by atoms with van der Waals surface area (Å²) in [4.78, 5) is 15.3. The van der Waals surface area contributed by atoms with E-state index < -0.39 is 6.10 Å². The van der Waals surface area contributed by atoms with E-state index in [0.29, 0.717) is 45.1 Å². The van der Waals surface area contributed by atoms with Gasteiger partial charge in [0.2, 0.25) is 0 Å². The normalized spacial score (nSPS) is 13.1. The average molecular weight is 791 g/mol. The molecule has 0 aromatic heterocycles. The van der Waals surface area contributed by atoms with E-state index in [9.17, 15) is 4.79 Å². The van der Waals surface area contributed by atoms with Gasteiger partial charge < -0.3 is 19.5 Å². The van der Waals surface area contributed by atoms with Crippen molar-refractivity contribution in [2.75, 3.05) is 39.5 Å². The second-order valence-electron chi connectivity index (χ2n) is 16.7. The number of allylic oxidation sites excluding steroid dienone is 4. The van der Waals surface area contributed by atoms with E-state index in [0.717, 1.165) is 32.2 Å². The van der Waals surface area contributed by atoms with Crippen molar-refractivity contribution in [3.63, 3.8) is 0 Å². The molecule has 2 unspecified atom stereocenters. The van der Waals surface area contributed by atoms with Gasteiger partial charge in [-0.15, -0.1) is 0 Å². The first kappa shape index (κ1) is 54.6. The minimum atomic E-state index is -0.390. The van der Waals surface area contributed by atoms with Gasteiger partial charge in [0.15, 0.2) is 6.10 Å². The molecule has 0 bridgehead atoms. The third kappa shape index (κ3) is 38.2. The lowest BCUT2D eigenvalue weighted by Gasteiger charge is -2.33. The lowest BCUT2D eigenvalue weighted by molar-refractivity contribution is -0.0294. The van der Waals surface area contributed by atoms with Gasteiger partial charge in [-0.3, -0.25) is 4.90 Å². The summed E-state index contributed by atoms with van der Waals surface area (Å²) in [6, 6.07) is 0.974. The number of nitrogens with one attached hydrogen (secondary N) is 1. The smallest absolute Gasteiger partial charge is 0.407 e. The van der Waals surface area contributed by atoms with Crippen LogP contribution in [0.15, 0.2) is 24.3 Å². The summed E-state index contributed by atoms with van der Waals surface area (Å²) in [5.74, 6) is 0. The predicted octanol–water partition coefficient (Wildman–Crippen LogP) is 15.1. The largest absolute Gasteiger partial charge is 0.441 e. The summed E-state index contributed by atoms with van der Waals surface area (Å²) < 4.78 is 17.9. The summed E-state index contributed by atoms with van der Waals surface area (Å²) in [5.41, 5.74) is 0. The highest BCUT2D eigenvalue weighted by atomic mass is 16.6. The highest BCUT2D eigenvalue weighted by Crippen LogP contribution is 2.13. The van der Waals surface area contributed by atoms with Crippen LogP contribution in [-0.2, 0) is 14.2 Å².